The maximum atomic E-state index is 14.0. The molecule has 0 aliphatic heterocycles. The number of aromatic nitrogens is 6. The lowest BCUT2D eigenvalue weighted by atomic mass is 9.91. The Morgan fingerprint density at radius 1 is 1.22 bits per heavy atom. The molecule has 0 saturated heterocycles. The molecular formula is C27H28FN7O. The van der Waals surface area contributed by atoms with E-state index >= 15 is 0 Å². The van der Waals surface area contributed by atoms with Crippen LogP contribution >= 0.6 is 0 Å². The van der Waals surface area contributed by atoms with Crippen molar-refractivity contribution in [3.05, 3.63) is 71.6 Å². The molecule has 2 atom stereocenters. The van der Waals surface area contributed by atoms with E-state index < -0.39 is 5.82 Å². The summed E-state index contributed by atoms with van der Waals surface area (Å²) in [5, 5.41) is 9.55. The van der Waals surface area contributed by atoms with E-state index in [1.807, 2.05) is 6.20 Å². The van der Waals surface area contributed by atoms with Gasteiger partial charge in [0.25, 0.3) is 0 Å². The number of nitrogens with one attached hydrogen (secondary N) is 2. The second-order valence-corrected chi connectivity index (χ2v) is 9.49. The van der Waals surface area contributed by atoms with Crippen LogP contribution < -0.4 is 5.32 Å². The molecule has 0 spiro atoms. The number of nitrogens with zero attached hydrogens (tertiary/aromatic N) is 5. The monoisotopic (exact) mass is 485 g/mol. The Morgan fingerprint density at radius 2 is 2.11 bits per heavy atom. The number of hydrogen-bond donors (Lipinski definition) is 2. The number of H-pyrrole nitrogens is 1. The molecule has 0 saturated carbocycles. The number of anilines is 1. The van der Waals surface area contributed by atoms with Crippen molar-refractivity contribution in [3.8, 4) is 11.4 Å². The maximum Gasteiger partial charge on any atom is 0.228 e. The standard InChI is InChI=1S/C27H28FN7O/c1-16(9-10-36-2)22-15-30-35-26(22)33-25(17-11-18(28)14-29-13-17)34-27(35)31-19-7-8-24-21(12-19)20-5-3-4-6-23(20)32-24/h3-6,11,13-16,19,32H,7-10,12H2,1-2H3,(H,31,33,34)/t16-,19+/m1/s1. The summed E-state index contributed by atoms with van der Waals surface area (Å²) in [6, 6.07) is 10.0. The second-order valence-electron chi connectivity index (χ2n) is 9.49. The molecule has 36 heavy (non-hydrogen) atoms. The molecule has 0 bridgehead atoms. The summed E-state index contributed by atoms with van der Waals surface area (Å²) in [6.07, 6.45) is 8.24. The first-order valence-corrected chi connectivity index (χ1v) is 12.3. The van der Waals surface area contributed by atoms with Gasteiger partial charge in [-0.25, -0.2) is 9.37 Å². The van der Waals surface area contributed by atoms with Crippen LogP contribution in [0.1, 0.15) is 42.5 Å². The normalized spacial score (nSPS) is 16.4. The number of benzene rings is 1. The van der Waals surface area contributed by atoms with Crippen molar-refractivity contribution in [2.75, 3.05) is 19.0 Å². The van der Waals surface area contributed by atoms with Gasteiger partial charge in [-0.1, -0.05) is 25.1 Å². The third-order valence-corrected chi connectivity index (χ3v) is 7.07. The van der Waals surface area contributed by atoms with Crippen molar-refractivity contribution in [1.82, 2.24) is 29.5 Å². The summed E-state index contributed by atoms with van der Waals surface area (Å²) >= 11 is 0. The number of ether oxygens (including phenoxy) is 1. The fraction of sp³-hybridized carbons (Fsp3) is 0.333. The summed E-state index contributed by atoms with van der Waals surface area (Å²) < 4.78 is 21.0. The van der Waals surface area contributed by atoms with Gasteiger partial charge < -0.3 is 15.0 Å². The van der Waals surface area contributed by atoms with Crippen LogP contribution in [0.3, 0.4) is 0 Å². The van der Waals surface area contributed by atoms with Gasteiger partial charge in [-0.3, -0.25) is 4.98 Å². The minimum absolute atomic E-state index is 0.173. The van der Waals surface area contributed by atoms with Crippen molar-refractivity contribution in [1.29, 1.82) is 0 Å². The van der Waals surface area contributed by atoms with E-state index in [9.17, 15) is 4.39 Å². The lowest BCUT2D eigenvalue weighted by Gasteiger charge is -2.24. The molecule has 9 heteroatoms. The van der Waals surface area contributed by atoms with Crippen molar-refractivity contribution in [2.24, 2.45) is 0 Å². The molecule has 4 heterocycles. The molecule has 1 aliphatic rings. The van der Waals surface area contributed by atoms with E-state index in [2.05, 4.69) is 51.6 Å². The quantitative estimate of drug-likeness (QED) is 0.340. The number of pyridine rings is 1. The number of para-hydroxylation sites is 1. The summed E-state index contributed by atoms with van der Waals surface area (Å²) in [7, 11) is 1.70. The number of rotatable bonds is 7. The zero-order valence-electron chi connectivity index (χ0n) is 20.3. The highest BCUT2D eigenvalue weighted by atomic mass is 19.1. The topological polar surface area (TPSA) is 93.0 Å². The van der Waals surface area contributed by atoms with Gasteiger partial charge in [0.1, 0.15) is 5.82 Å². The second kappa shape index (κ2) is 9.31. The van der Waals surface area contributed by atoms with E-state index in [0.29, 0.717) is 29.6 Å². The fourth-order valence-corrected chi connectivity index (χ4v) is 5.12. The third kappa shape index (κ3) is 4.09. The van der Waals surface area contributed by atoms with Gasteiger partial charge in [0, 0.05) is 53.7 Å². The maximum absolute atomic E-state index is 14.0. The largest absolute Gasteiger partial charge is 0.385 e. The highest BCUT2D eigenvalue weighted by Crippen LogP contribution is 2.31. The smallest absolute Gasteiger partial charge is 0.228 e. The molecular weight excluding hydrogens is 457 g/mol. The van der Waals surface area contributed by atoms with E-state index in [1.54, 1.807) is 17.8 Å². The summed E-state index contributed by atoms with van der Waals surface area (Å²) in [6.45, 7) is 2.78. The van der Waals surface area contributed by atoms with Crippen molar-refractivity contribution < 1.29 is 9.13 Å². The van der Waals surface area contributed by atoms with E-state index in [0.717, 1.165) is 31.2 Å². The van der Waals surface area contributed by atoms with Gasteiger partial charge in [0.15, 0.2) is 11.5 Å². The molecule has 0 amide bonds. The average molecular weight is 486 g/mol. The molecule has 8 nitrogen and oxygen atoms in total. The first-order valence-electron chi connectivity index (χ1n) is 12.3. The van der Waals surface area contributed by atoms with Crippen LogP contribution in [-0.4, -0.2) is 49.3 Å². The lowest BCUT2D eigenvalue weighted by molar-refractivity contribution is 0.189. The van der Waals surface area contributed by atoms with Crippen molar-refractivity contribution >= 4 is 22.5 Å². The minimum atomic E-state index is -0.424. The van der Waals surface area contributed by atoms with Gasteiger partial charge in [0.2, 0.25) is 5.95 Å². The highest BCUT2D eigenvalue weighted by Gasteiger charge is 2.25. The third-order valence-electron chi connectivity index (χ3n) is 7.07. The molecule has 0 unspecified atom stereocenters. The summed E-state index contributed by atoms with van der Waals surface area (Å²) in [4.78, 5) is 17.2. The molecule has 0 radical (unpaired) electrons. The number of hydrogen-bond acceptors (Lipinski definition) is 6. The Labute approximate surface area is 208 Å². The minimum Gasteiger partial charge on any atom is -0.385 e. The number of fused-ring (bicyclic) bond motifs is 4. The van der Waals surface area contributed by atoms with E-state index in [1.165, 1.54) is 34.4 Å². The predicted octanol–water partition coefficient (Wildman–Crippen LogP) is 4.92. The van der Waals surface area contributed by atoms with Crippen molar-refractivity contribution in [2.45, 2.75) is 44.6 Å². The number of methoxy groups -OCH3 is 1. The molecule has 4 aromatic heterocycles. The highest BCUT2D eigenvalue weighted by molar-refractivity contribution is 5.85. The van der Waals surface area contributed by atoms with E-state index in [4.69, 9.17) is 14.7 Å². The van der Waals surface area contributed by atoms with Crippen LogP contribution in [0.15, 0.2) is 48.9 Å². The number of halogens is 1. The molecule has 0 fully saturated rings. The van der Waals surface area contributed by atoms with Gasteiger partial charge >= 0.3 is 0 Å². The van der Waals surface area contributed by atoms with Crippen LogP contribution in [0.4, 0.5) is 10.3 Å². The number of aromatic amines is 1. The molecule has 184 valence electrons. The van der Waals surface area contributed by atoms with Crippen LogP contribution in [0.2, 0.25) is 0 Å². The SMILES string of the molecule is COCC[C@@H](C)c1cnn2c(N[C@H]3CCc4[nH]c5ccccc5c4C3)nc(-c3cncc(F)c3)nc12. The first-order chi connectivity index (χ1) is 17.6. The molecule has 1 aromatic carbocycles. The van der Waals surface area contributed by atoms with Crippen molar-refractivity contribution in [3.63, 3.8) is 0 Å². The van der Waals surface area contributed by atoms with Gasteiger partial charge in [-0.2, -0.15) is 14.6 Å². The molecule has 6 rings (SSSR count). The number of aryl methyl sites for hydroxylation is 1. The fourth-order valence-electron chi connectivity index (χ4n) is 5.12. The van der Waals surface area contributed by atoms with Crippen LogP contribution in [0.5, 0.6) is 0 Å². The predicted molar refractivity (Wildman–Crippen MR) is 137 cm³/mol. The average Bonchev–Trinajstić information content (AvgIpc) is 3.49. The lowest BCUT2D eigenvalue weighted by Crippen LogP contribution is -2.29. The van der Waals surface area contributed by atoms with Crippen LogP contribution in [0, 0.1) is 5.82 Å². The Hall–Kier alpha value is -3.85. The molecule has 1 aliphatic carbocycles. The summed E-state index contributed by atoms with van der Waals surface area (Å²) in [5.41, 5.74) is 6.07. The molecule has 5 aromatic rings. The molecule has 2 N–H and O–H groups in total. The van der Waals surface area contributed by atoms with Gasteiger partial charge in [0.05, 0.1) is 12.4 Å². The van der Waals surface area contributed by atoms with Gasteiger partial charge in [-0.15, -0.1) is 0 Å². The Morgan fingerprint density at radius 3 is 2.97 bits per heavy atom. The first kappa shape index (κ1) is 22.6. The Balaban J connectivity index is 1.39. The Kier molecular flexibility index (Phi) is 5.85. The van der Waals surface area contributed by atoms with E-state index in [-0.39, 0.29) is 12.0 Å². The Bertz CT molecular complexity index is 1540. The summed E-state index contributed by atoms with van der Waals surface area (Å²) in [5.74, 6) is 0.776. The van der Waals surface area contributed by atoms with Crippen LogP contribution in [0.25, 0.3) is 27.9 Å². The zero-order chi connectivity index (χ0) is 24.6. The zero-order valence-corrected chi connectivity index (χ0v) is 20.3. The van der Waals surface area contributed by atoms with Crippen LogP contribution in [-0.2, 0) is 17.6 Å². The van der Waals surface area contributed by atoms with Gasteiger partial charge in [-0.05, 0) is 49.3 Å².